The van der Waals surface area contributed by atoms with Crippen molar-refractivity contribution in [3.05, 3.63) is 82.9 Å². The van der Waals surface area contributed by atoms with E-state index < -0.39 is 91.4 Å². The summed E-state index contributed by atoms with van der Waals surface area (Å²) in [5, 5.41) is 78.0. The van der Waals surface area contributed by atoms with Crippen molar-refractivity contribution in [1.82, 2.24) is 0 Å². The molecule has 0 saturated carbocycles. The van der Waals surface area contributed by atoms with Crippen LogP contribution in [0.15, 0.2) is 60.7 Å². The second-order valence-corrected chi connectivity index (χ2v) is 8.50. The van der Waals surface area contributed by atoms with Crippen LogP contribution in [0.1, 0.15) is 41.4 Å². The van der Waals surface area contributed by atoms with Gasteiger partial charge in [0.15, 0.2) is 34.5 Å². The van der Waals surface area contributed by atoms with Crippen molar-refractivity contribution < 1.29 is 60.0 Å². The summed E-state index contributed by atoms with van der Waals surface area (Å²) in [5.41, 5.74) is -2.26. The Hall–Kier alpha value is -6.04. The average molecular weight is 546 g/mol. The van der Waals surface area contributed by atoms with E-state index in [4.69, 9.17) is 0 Å². The van der Waals surface area contributed by atoms with Gasteiger partial charge in [0, 0.05) is 22.3 Å². The van der Waals surface area contributed by atoms with Gasteiger partial charge in [0.1, 0.15) is 11.5 Å². The van der Waals surface area contributed by atoms with Crippen molar-refractivity contribution in [2.75, 3.05) is 0 Å². The van der Waals surface area contributed by atoms with E-state index in [9.17, 15) is 60.0 Å². The van der Waals surface area contributed by atoms with Crippen LogP contribution < -0.4 is 0 Å². The maximum Gasteiger partial charge on any atom is 0.234 e. The molecule has 202 valence electrons. The Morgan fingerprint density at radius 1 is 0.400 bits per heavy atom. The molecule has 4 aromatic rings. The highest BCUT2D eigenvalue weighted by atomic mass is 16.3. The summed E-state index contributed by atoms with van der Waals surface area (Å²) in [4.78, 5) is 52.4. The van der Waals surface area contributed by atoms with Crippen molar-refractivity contribution in [3.63, 3.8) is 0 Å². The molecule has 0 atom stereocenters. The second kappa shape index (κ2) is 10.0. The number of rotatable bonds is 7. The largest absolute Gasteiger partial charge is 0.508 e. The van der Waals surface area contributed by atoms with Gasteiger partial charge in [-0.25, -0.2) is 0 Å². The fourth-order valence-corrected chi connectivity index (χ4v) is 3.89. The molecule has 40 heavy (non-hydrogen) atoms. The van der Waals surface area contributed by atoms with Gasteiger partial charge in [0.25, 0.3) is 0 Å². The molecular formula is C28H18O12. The predicted molar refractivity (Wildman–Crippen MR) is 135 cm³/mol. The molecule has 0 fully saturated rings. The van der Waals surface area contributed by atoms with Crippen LogP contribution in [-0.2, 0) is 0 Å². The number of benzene rings is 4. The van der Waals surface area contributed by atoms with Crippen molar-refractivity contribution >= 4 is 23.1 Å². The summed E-state index contributed by atoms with van der Waals surface area (Å²) >= 11 is 0. The average Bonchev–Trinajstić information content (AvgIpc) is 2.92. The Kier molecular flexibility index (Phi) is 6.77. The molecule has 4 aromatic carbocycles. The van der Waals surface area contributed by atoms with E-state index in [0.29, 0.717) is 0 Å². The molecule has 0 amide bonds. The zero-order valence-electron chi connectivity index (χ0n) is 20.0. The quantitative estimate of drug-likeness (QED) is 0.0949. The fourth-order valence-electron chi connectivity index (χ4n) is 3.89. The van der Waals surface area contributed by atoms with Crippen molar-refractivity contribution in [1.29, 1.82) is 0 Å². The van der Waals surface area contributed by atoms with E-state index in [1.54, 1.807) is 0 Å². The maximum atomic E-state index is 13.2. The number of carbonyl (C=O) groups excluding carboxylic acids is 4. The lowest BCUT2D eigenvalue weighted by molar-refractivity contribution is 0.0815. The first kappa shape index (κ1) is 27.0. The van der Waals surface area contributed by atoms with E-state index >= 15 is 0 Å². The summed E-state index contributed by atoms with van der Waals surface area (Å²) in [6.45, 7) is 0. The van der Waals surface area contributed by atoms with Crippen LogP contribution in [0.25, 0.3) is 11.1 Å². The van der Waals surface area contributed by atoms with E-state index in [1.807, 2.05) is 0 Å². The first-order chi connectivity index (χ1) is 18.8. The minimum Gasteiger partial charge on any atom is -0.508 e. The molecule has 0 radical (unpaired) electrons. The summed E-state index contributed by atoms with van der Waals surface area (Å²) in [6.07, 6.45) is 0. The molecular weight excluding hydrogens is 528 g/mol. The van der Waals surface area contributed by atoms with Gasteiger partial charge >= 0.3 is 0 Å². The first-order valence-corrected chi connectivity index (χ1v) is 11.1. The second-order valence-electron chi connectivity index (χ2n) is 8.50. The van der Waals surface area contributed by atoms with E-state index in [1.165, 1.54) is 0 Å². The lowest BCUT2D eigenvalue weighted by Crippen LogP contribution is -2.18. The van der Waals surface area contributed by atoms with Crippen LogP contribution in [0.5, 0.6) is 46.0 Å². The Labute approximate surface area is 223 Å². The first-order valence-electron chi connectivity index (χ1n) is 11.1. The van der Waals surface area contributed by atoms with Gasteiger partial charge in [0.05, 0.1) is 0 Å². The van der Waals surface area contributed by atoms with Gasteiger partial charge in [-0.1, -0.05) is 0 Å². The van der Waals surface area contributed by atoms with Gasteiger partial charge in [-0.05, 0) is 71.8 Å². The molecule has 0 saturated heterocycles. The Morgan fingerprint density at radius 3 is 1.00 bits per heavy atom. The molecule has 0 heterocycles. The highest BCUT2D eigenvalue weighted by Crippen LogP contribution is 2.38. The minimum atomic E-state index is -1.28. The van der Waals surface area contributed by atoms with Crippen molar-refractivity contribution in [2.24, 2.45) is 0 Å². The summed E-state index contributed by atoms with van der Waals surface area (Å²) in [5.74, 6) is -11.4. The van der Waals surface area contributed by atoms with Crippen LogP contribution in [-0.4, -0.2) is 64.0 Å². The monoisotopic (exact) mass is 546 g/mol. The molecule has 12 nitrogen and oxygen atoms in total. The summed E-state index contributed by atoms with van der Waals surface area (Å²) < 4.78 is 0. The third-order valence-corrected chi connectivity index (χ3v) is 5.86. The minimum absolute atomic E-state index is 0.143. The maximum absolute atomic E-state index is 13.2. The molecule has 0 aliphatic carbocycles. The predicted octanol–water partition coefficient (Wildman–Crippen LogP) is 3.13. The SMILES string of the molecule is O=C(C(=O)c1cc(O)ccc1-c1ccc(O)cc1C(=O)C(=O)c1cc(O)c(O)c(O)c1)c1cc(O)c(O)c(O)c1. The van der Waals surface area contributed by atoms with Crippen molar-refractivity contribution in [2.45, 2.75) is 0 Å². The zero-order valence-corrected chi connectivity index (χ0v) is 20.0. The molecule has 12 heteroatoms. The van der Waals surface area contributed by atoms with Crippen LogP contribution in [0.3, 0.4) is 0 Å². The van der Waals surface area contributed by atoms with E-state index in [0.717, 1.165) is 60.7 Å². The molecule has 4 rings (SSSR count). The molecule has 0 aliphatic heterocycles. The van der Waals surface area contributed by atoms with Gasteiger partial charge in [-0.2, -0.15) is 0 Å². The Bertz CT molecular complexity index is 1580. The third-order valence-electron chi connectivity index (χ3n) is 5.86. The number of hydrogen-bond acceptors (Lipinski definition) is 12. The molecule has 0 aliphatic rings. The van der Waals surface area contributed by atoms with Gasteiger partial charge in [-0.3, -0.25) is 19.2 Å². The van der Waals surface area contributed by atoms with Gasteiger partial charge < -0.3 is 40.9 Å². The van der Waals surface area contributed by atoms with E-state index in [-0.39, 0.29) is 11.1 Å². The fraction of sp³-hybridized carbons (Fsp3) is 0. The number of carbonyl (C=O) groups is 4. The standard InChI is InChI=1S/C28H18O12/c29-13-1-3-15(17(9-13)25(37)23(35)11-5-19(31)27(39)20(32)6-11)16-4-2-14(30)10-18(16)26(38)24(36)12-7-21(33)28(40)22(34)8-12/h1-10,29-34,39-40H. The molecule has 0 aromatic heterocycles. The topological polar surface area (TPSA) is 230 Å². The lowest BCUT2D eigenvalue weighted by atomic mass is 9.88. The van der Waals surface area contributed by atoms with Crippen LogP contribution in [0.2, 0.25) is 0 Å². The zero-order chi connectivity index (χ0) is 29.5. The number of phenols is 8. The molecule has 0 spiro atoms. The van der Waals surface area contributed by atoms with Crippen LogP contribution in [0, 0.1) is 0 Å². The Balaban J connectivity index is 1.84. The number of hydrogen-bond donors (Lipinski definition) is 8. The van der Waals surface area contributed by atoms with Crippen LogP contribution in [0.4, 0.5) is 0 Å². The molecule has 0 unspecified atom stereocenters. The molecule has 0 bridgehead atoms. The normalized spacial score (nSPS) is 10.7. The Morgan fingerprint density at radius 2 is 0.700 bits per heavy atom. The highest BCUT2D eigenvalue weighted by Gasteiger charge is 2.29. The van der Waals surface area contributed by atoms with Crippen LogP contribution >= 0.6 is 0 Å². The third kappa shape index (κ3) is 4.79. The molecule has 8 N–H and O–H groups in total. The number of Topliss-reactive ketones (excluding diaryl/α,β-unsaturated/α-hetero) is 4. The highest BCUT2D eigenvalue weighted by molar-refractivity contribution is 6.52. The van der Waals surface area contributed by atoms with Gasteiger partial charge in [-0.15, -0.1) is 0 Å². The van der Waals surface area contributed by atoms with Crippen molar-refractivity contribution in [3.8, 4) is 57.1 Å². The van der Waals surface area contributed by atoms with Gasteiger partial charge in [0.2, 0.25) is 23.1 Å². The number of aromatic hydroxyl groups is 8. The lowest BCUT2D eigenvalue weighted by Gasteiger charge is -2.14. The summed E-state index contributed by atoms with van der Waals surface area (Å²) in [7, 11) is 0. The number of phenolic OH excluding ortho intramolecular Hbond substituents is 8. The van der Waals surface area contributed by atoms with E-state index in [2.05, 4.69) is 0 Å². The number of ketones is 4. The summed E-state index contributed by atoms with van der Waals surface area (Å²) in [6, 6.07) is 9.28. The smallest absolute Gasteiger partial charge is 0.234 e.